The topological polar surface area (TPSA) is 104 Å². The van der Waals surface area contributed by atoms with Gasteiger partial charge in [-0.05, 0) is 35.9 Å². The van der Waals surface area contributed by atoms with Crippen LogP contribution in [-0.4, -0.2) is 28.1 Å². The van der Waals surface area contributed by atoms with Crippen molar-refractivity contribution in [3.8, 4) is 0 Å². The van der Waals surface area contributed by atoms with Crippen molar-refractivity contribution in [2.45, 2.75) is 17.9 Å². The largest absolute Gasteiger partial charge is 0.481 e. The van der Waals surface area contributed by atoms with Crippen molar-refractivity contribution < 1.29 is 24.6 Å². The van der Waals surface area contributed by atoms with Gasteiger partial charge in [-0.2, -0.15) is 0 Å². The van der Waals surface area contributed by atoms with E-state index in [1.165, 1.54) is 36.4 Å². The first-order valence-electron chi connectivity index (χ1n) is 9.59. The van der Waals surface area contributed by atoms with Gasteiger partial charge in [-0.15, -0.1) is 0 Å². The summed E-state index contributed by atoms with van der Waals surface area (Å²) in [7, 11) is 0. The van der Waals surface area contributed by atoms with Crippen LogP contribution in [0.25, 0.3) is 0 Å². The second-order valence-corrected chi connectivity index (χ2v) is 7.96. The maximum atomic E-state index is 13.1. The quantitative estimate of drug-likeness (QED) is 0.430. The van der Waals surface area contributed by atoms with E-state index in [2.05, 4.69) is 5.32 Å². The number of hydrogen-bond donors (Lipinski definition) is 3. The van der Waals surface area contributed by atoms with Crippen LogP contribution < -0.4 is 5.32 Å². The standard InChI is InChI=1S/C24H19Cl2NO5/c25-17-12-10-15(11-13-17)19(14-21(28)29)24(23(31)32,18-8-4-5-9-20(18)26)27-22(30)16-6-2-1-3-7-16/h1-13,19H,14H2,(H,27,30)(H,28,29)(H,31,32). The number of amides is 1. The molecule has 2 atom stereocenters. The third-order valence-electron chi connectivity index (χ3n) is 5.16. The Morgan fingerprint density at radius 1 is 0.844 bits per heavy atom. The monoisotopic (exact) mass is 471 g/mol. The lowest BCUT2D eigenvalue weighted by Gasteiger charge is -2.38. The van der Waals surface area contributed by atoms with Crippen LogP contribution >= 0.6 is 23.2 Å². The maximum Gasteiger partial charge on any atom is 0.334 e. The molecule has 3 N–H and O–H groups in total. The molecule has 0 radical (unpaired) electrons. The molecule has 164 valence electrons. The van der Waals surface area contributed by atoms with E-state index in [9.17, 15) is 24.6 Å². The van der Waals surface area contributed by atoms with E-state index in [-0.39, 0.29) is 16.1 Å². The van der Waals surface area contributed by atoms with Crippen molar-refractivity contribution in [1.29, 1.82) is 0 Å². The summed E-state index contributed by atoms with van der Waals surface area (Å²) in [4.78, 5) is 37.9. The van der Waals surface area contributed by atoms with Crippen molar-refractivity contribution >= 4 is 41.0 Å². The number of halogens is 2. The van der Waals surface area contributed by atoms with Crippen LogP contribution in [0.5, 0.6) is 0 Å². The molecule has 0 aromatic heterocycles. The van der Waals surface area contributed by atoms with Crippen LogP contribution in [0.15, 0.2) is 78.9 Å². The summed E-state index contributed by atoms with van der Waals surface area (Å²) in [6.45, 7) is 0. The maximum absolute atomic E-state index is 13.1. The van der Waals surface area contributed by atoms with E-state index < -0.39 is 35.7 Å². The van der Waals surface area contributed by atoms with Gasteiger partial charge in [-0.3, -0.25) is 9.59 Å². The van der Waals surface area contributed by atoms with Gasteiger partial charge < -0.3 is 15.5 Å². The zero-order chi connectivity index (χ0) is 23.3. The second-order valence-electron chi connectivity index (χ2n) is 7.12. The SMILES string of the molecule is O=C(O)CC(c1ccc(Cl)cc1)C(NC(=O)c1ccccc1)(C(=O)O)c1ccccc1Cl. The lowest BCUT2D eigenvalue weighted by Crippen LogP contribution is -2.56. The first kappa shape index (κ1) is 23.3. The van der Waals surface area contributed by atoms with Crippen LogP contribution in [0.3, 0.4) is 0 Å². The molecule has 0 spiro atoms. The fourth-order valence-corrected chi connectivity index (χ4v) is 4.08. The smallest absolute Gasteiger partial charge is 0.334 e. The van der Waals surface area contributed by atoms with Gasteiger partial charge in [0.2, 0.25) is 0 Å². The Morgan fingerprint density at radius 2 is 1.44 bits per heavy atom. The molecule has 1 amide bonds. The summed E-state index contributed by atoms with van der Waals surface area (Å²) < 4.78 is 0. The Hall–Kier alpha value is -3.35. The van der Waals surface area contributed by atoms with E-state index in [0.29, 0.717) is 10.6 Å². The molecule has 0 heterocycles. The highest BCUT2D eigenvalue weighted by Crippen LogP contribution is 2.43. The molecular formula is C24H19Cl2NO5. The van der Waals surface area contributed by atoms with Gasteiger partial charge in [0.25, 0.3) is 5.91 Å². The van der Waals surface area contributed by atoms with E-state index in [0.717, 1.165) is 0 Å². The summed E-state index contributed by atoms with van der Waals surface area (Å²) in [6.07, 6.45) is -0.589. The first-order chi connectivity index (χ1) is 15.3. The predicted molar refractivity (Wildman–Crippen MR) is 121 cm³/mol. The Bertz CT molecular complexity index is 1130. The molecule has 2 unspecified atom stereocenters. The van der Waals surface area contributed by atoms with Crippen molar-refractivity contribution in [2.75, 3.05) is 0 Å². The molecule has 8 heteroatoms. The van der Waals surface area contributed by atoms with Gasteiger partial charge in [-0.1, -0.05) is 71.7 Å². The van der Waals surface area contributed by atoms with Crippen LogP contribution in [0.1, 0.15) is 33.8 Å². The van der Waals surface area contributed by atoms with Crippen LogP contribution in [0.2, 0.25) is 10.0 Å². The van der Waals surface area contributed by atoms with Gasteiger partial charge in [0.15, 0.2) is 5.54 Å². The number of carboxylic acid groups (broad SMARTS) is 2. The molecule has 3 aromatic rings. The molecule has 0 aliphatic rings. The van der Waals surface area contributed by atoms with Crippen molar-refractivity contribution in [3.05, 3.63) is 106 Å². The average Bonchev–Trinajstić information content (AvgIpc) is 2.77. The summed E-state index contributed by atoms with van der Waals surface area (Å²) in [5.74, 6) is -4.58. The summed E-state index contributed by atoms with van der Waals surface area (Å²) in [5.41, 5.74) is -1.53. The molecule has 0 fully saturated rings. The van der Waals surface area contributed by atoms with E-state index >= 15 is 0 Å². The molecule has 0 bridgehead atoms. The van der Waals surface area contributed by atoms with Gasteiger partial charge >= 0.3 is 11.9 Å². The zero-order valence-electron chi connectivity index (χ0n) is 16.7. The van der Waals surface area contributed by atoms with Crippen LogP contribution in [0.4, 0.5) is 0 Å². The van der Waals surface area contributed by atoms with Gasteiger partial charge in [0.1, 0.15) is 0 Å². The number of carbonyl (C=O) groups excluding carboxylic acids is 1. The Morgan fingerprint density at radius 3 is 2.00 bits per heavy atom. The van der Waals surface area contributed by atoms with Crippen LogP contribution in [0, 0.1) is 0 Å². The van der Waals surface area contributed by atoms with E-state index in [1.54, 1.807) is 42.5 Å². The number of carboxylic acids is 2. The molecule has 0 aliphatic carbocycles. The Labute approximate surface area is 194 Å². The molecule has 32 heavy (non-hydrogen) atoms. The molecule has 0 aliphatic heterocycles. The minimum Gasteiger partial charge on any atom is -0.481 e. The highest BCUT2D eigenvalue weighted by Gasteiger charge is 2.51. The normalized spacial score (nSPS) is 13.6. The van der Waals surface area contributed by atoms with Gasteiger partial charge in [0.05, 0.1) is 6.42 Å². The lowest BCUT2D eigenvalue weighted by molar-refractivity contribution is -0.147. The Kier molecular flexibility index (Phi) is 7.18. The van der Waals surface area contributed by atoms with E-state index in [4.69, 9.17) is 23.2 Å². The third-order valence-corrected chi connectivity index (χ3v) is 5.74. The molecule has 0 saturated carbocycles. The molecule has 6 nitrogen and oxygen atoms in total. The van der Waals surface area contributed by atoms with Crippen LogP contribution in [-0.2, 0) is 15.1 Å². The first-order valence-corrected chi connectivity index (χ1v) is 10.3. The summed E-state index contributed by atoms with van der Waals surface area (Å²) >= 11 is 12.4. The highest BCUT2D eigenvalue weighted by atomic mass is 35.5. The second kappa shape index (κ2) is 9.85. The number of benzene rings is 3. The fourth-order valence-electron chi connectivity index (χ4n) is 3.67. The Balaban J connectivity index is 2.28. The zero-order valence-corrected chi connectivity index (χ0v) is 18.2. The van der Waals surface area contributed by atoms with Gasteiger partial charge in [0, 0.05) is 27.1 Å². The van der Waals surface area contributed by atoms with E-state index in [1.807, 2.05) is 0 Å². The minimum absolute atomic E-state index is 0.0691. The minimum atomic E-state index is -2.18. The number of aliphatic carboxylic acids is 2. The number of hydrogen-bond acceptors (Lipinski definition) is 3. The van der Waals surface area contributed by atoms with Crippen molar-refractivity contribution in [2.24, 2.45) is 0 Å². The average molecular weight is 472 g/mol. The van der Waals surface area contributed by atoms with Crippen molar-refractivity contribution in [3.63, 3.8) is 0 Å². The lowest BCUT2D eigenvalue weighted by atomic mass is 9.72. The third kappa shape index (κ3) is 4.77. The number of nitrogens with one attached hydrogen (secondary N) is 1. The fraction of sp³-hybridized carbons (Fsp3) is 0.125. The molecule has 3 rings (SSSR count). The molecule has 3 aromatic carbocycles. The molecular weight excluding hydrogens is 453 g/mol. The number of carbonyl (C=O) groups is 3. The van der Waals surface area contributed by atoms with Crippen molar-refractivity contribution in [1.82, 2.24) is 5.32 Å². The molecule has 0 saturated heterocycles. The predicted octanol–water partition coefficient (Wildman–Crippen LogP) is 4.96. The number of rotatable bonds is 8. The highest BCUT2D eigenvalue weighted by molar-refractivity contribution is 6.32. The van der Waals surface area contributed by atoms with Gasteiger partial charge in [-0.25, -0.2) is 4.79 Å². The summed E-state index contributed by atoms with van der Waals surface area (Å²) in [5, 5.41) is 23.2. The summed E-state index contributed by atoms with van der Waals surface area (Å²) in [6, 6.07) is 20.4.